The fourth-order valence-corrected chi connectivity index (χ4v) is 3.58. The van der Waals surface area contributed by atoms with Crippen LogP contribution in [0.3, 0.4) is 0 Å². The van der Waals surface area contributed by atoms with Crippen LogP contribution in [0.5, 0.6) is 5.75 Å². The topological polar surface area (TPSA) is 108 Å². The Morgan fingerprint density at radius 1 is 1.36 bits per heavy atom. The van der Waals surface area contributed by atoms with Gasteiger partial charge in [0.05, 0.1) is 6.04 Å². The number of fused-ring (bicyclic) bond motifs is 1. The molecule has 126 valence electrons. The summed E-state index contributed by atoms with van der Waals surface area (Å²) in [6, 6.07) is 7.73. The number of aromatic amines is 1. The van der Waals surface area contributed by atoms with Gasteiger partial charge < -0.3 is 15.4 Å². The fraction of sp³-hybridized carbons (Fsp3) is 0.176. The van der Waals surface area contributed by atoms with Crippen LogP contribution in [0, 0.1) is 0 Å². The minimum Gasteiger partial charge on any atom is -0.501 e. The van der Waals surface area contributed by atoms with Crippen molar-refractivity contribution in [3.63, 3.8) is 0 Å². The SMILES string of the molecule is O=C(NC1CCc2ccccc21)c1nc(-c2nccs2)[nH]c(=O)c1O. The van der Waals surface area contributed by atoms with E-state index in [1.165, 1.54) is 16.9 Å². The van der Waals surface area contributed by atoms with Gasteiger partial charge in [-0.05, 0) is 24.0 Å². The monoisotopic (exact) mass is 354 g/mol. The van der Waals surface area contributed by atoms with E-state index in [9.17, 15) is 14.7 Å². The predicted molar refractivity (Wildman–Crippen MR) is 92.6 cm³/mol. The number of amides is 1. The van der Waals surface area contributed by atoms with Gasteiger partial charge in [-0.15, -0.1) is 11.3 Å². The van der Waals surface area contributed by atoms with Crippen LogP contribution in [0.25, 0.3) is 10.8 Å². The molecule has 0 saturated carbocycles. The second-order valence-corrected chi connectivity index (χ2v) is 6.61. The van der Waals surface area contributed by atoms with Crippen molar-refractivity contribution in [3.05, 3.63) is 63.0 Å². The van der Waals surface area contributed by atoms with Gasteiger partial charge in [0.1, 0.15) is 0 Å². The summed E-state index contributed by atoms with van der Waals surface area (Å²) < 4.78 is 0. The third kappa shape index (κ3) is 2.80. The average molecular weight is 354 g/mol. The molecular weight excluding hydrogens is 340 g/mol. The number of aryl methyl sites for hydroxylation is 1. The molecule has 2 heterocycles. The van der Waals surface area contributed by atoms with E-state index in [0.29, 0.717) is 5.01 Å². The van der Waals surface area contributed by atoms with Gasteiger partial charge in [-0.2, -0.15) is 0 Å². The first-order chi connectivity index (χ1) is 12.1. The Morgan fingerprint density at radius 2 is 2.20 bits per heavy atom. The molecule has 1 amide bonds. The maximum absolute atomic E-state index is 12.6. The van der Waals surface area contributed by atoms with Crippen molar-refractivity contribution < 1.29 is 9.90 Å². The molecule has 3 aromatic rings. The Labute approximate surface area is 146 Å². The van der Waals surface area contributed by atoms with Gasteiger partial charge >= 0.3 is 0 Å². The van der Waals surface area contributed by atoms with Crippen molar-refractivity contribution in [2.45, 2.75) is 18.9 Å². The molecule has 0 bridgehead atoms. The van der Waals surface area contributed by atoms with E-state index in [-0.39, 0.29) is 17.6 Å². The zero-order chi connectivity index (χ0) is 17.4. The van der Waals surface area contributed by atoms with E-state index < -0.39 is 17.2 Å². The zero-order valence-electron chi connectivity index (χ0n) is 13.0. The number of aromatic nitrogens is 3. The molecule has 25 heavy (non-hydrogen) atoms. The first-order valence-electron chi connectivity index (χ1n) is 7.75. The molecule has 4 rings (SSSR count). The molecule has 8 heteroatoms. The van der Waals surface area contributed by atoms with Crippen LogP contribution in [0.2, 0.25) is 0 Å². The molecule has 0 radical (unpaired) electrons. The molecule has 1 atom stereocenters. The maximum Gasteiger partial charge on any atom is 0.294 e. The highest BCUT2D eigenvalue weighted by Gasteiger charge is 2.26. The lowest BCUT2D eigenvalue weighted by Crippen LogP contribution is -2.29. The second-order valence-electron chi connectivity index (χ2n) is 5.71. The number of H-pyrrole nitrogens is 1. The van der Waals surface area contributed by atoms with Crippen molar-refractivity contribution in [1.29, 1.82) is 0 Å². The Morgan fingerprint density at radius 3 is 3.00 bits per heavy atom. The largest absolute Gasteiger partial charge is 0.501 e. The number of hydrogen-bond acceptors (Lipinski definition) is 6. The Hall–Kier alpha value is -3.00. The lowest BCUT2D eigenvalue weighted by Gasteiger charge is -2.14. The normalized spacial score (nSPS) is 15.8. The Balaban J connectivity index is 1.66. The van der Waals surface area contributed by atoms with Crippen LogP contribution < -0.4 is 10.9 Å². The highest BCUT2D eigenvalue weighted by Crippen LogP contribution is 2.31. The van der Waals surface area contributed by atoms with Crippen LogP contribution in [0.1, 0.15) is 34.1 Å². The lowest BCUT2D eigenvalue weighted by atomic mass is 10.1. The predicted octanol–water partition coefficient (Wildman–Crippen LogP) is 2.02. The van der Waals surface area contributed by atoms with Crippen molar-refractivity contribution in [1.82, 2.24) is 20.3 Å². The Kier molecular flexibility index (Phi) is 3.81. The molecule has 0 spiro atoms. The summed E-state index contributed by atoms with van der Waals surface area (Å²) in [5.74, 6) is -1.11. The number of nitrogens with zero attached hydrogens (tertiary/aromatic N) is 2. The van der Waals surface area contributed by atoms with Crippen molar-refractivity contribution in [2.75, 3.05) is 0 Å². The zero-order valence-corrected chi connectivity index (χ0v) is 13.8. The number of thiazole rings is 1. The van der Waals surface area contributed by atoms with Gasteiger partial charge in [-0.25, -0.2) is 9.97 Å². The first-order valence-corrected chi connectivity index (χ1v) is 8.63. The summed E-state index contributed by atoms with van der Waals surface area (Å²) in [4.78, 5) is 35.2. The molecule has 0 saturated heterocycles. The smallest absolute Gasteiger partial charge is 0.294 e. The lowest BCUT2D eigenvalue weighted by molar-refractivity contribution is 0.0928. The van der Waals surface area contributed by atoms with Gasteiger partial charge in [0.15, 0.2) is 16.5 Å². The van der Waals surface area contributed by atoms with Crippen LogP contribution in [-0.4, -0.2) is 26.0 Å². The number of nitrogens with one attached hydrogen (secondary N) is 2. The van der Waals surface area contributed by atoms with E-state index in [4.69, 9.17) is 0 Å². The fourth-order valence-electron chi connectivity index (χ4n) is 3.00. The second kappa shape index (κ2) is 6.14. The van der Waals surface area contributed by atoms with Crippen molar-refractivity contribution in [3.8, 4) is 16.6 Å². The number of rotatable bonds is 3. The maximum atomic E-state index is 12.6. The molecular formula is C17H14N4O3S. The number of hydrogen-bond donors (Lipinski definition) is 3. The summed E-state index contributed by atoms with van der Waals surface area (Å²) in [6.07, 6.45) is 3.22. The molecule has 1 aliphatic rings. The summed E-state index contributed by atoms with van der Waals surface area (Å²) in [5, 5.41) is 15.0. The third-order valence-corrected chi connectivity index (χ3v) is 4.96. The Bertz CT molecular complexity index is 997. The van der Waals surface area contributed by atoms with Gasteiger partial charge in [-0.1, -0.05) is 24.3 Å². The van der Waals surface area contributed by atoms with Crippen molar-refractivity contribution in [2.24, 2.45) is 0 Å². The van der Waals surface area contributed by atoms with E-state index >= 15 is 0 Å². The number of aromatic hydroxyl groups is 1. The summed E-state index contributed by atoms with van der Waals surface area (Å²) in [7, 11) is 0. The number of carbonyl (C=O) groups excluding carboxylic acids is 1. The van der Waals surface area contributed by atoms with Crippen LogP contribution >= 0.6 is 11.3 Å². The summed E-state index contributed by atoms with van der Waals surface area (Å²) >= 11 is 1.28. The molecule has 1 aromatic carbocycles. The van der Waals surface area contributed by atoms with Gasteiger partial charge in [0.25, 0.3) is 11.5 Å². The highest BCUT2D eigenvalue weighted by atomic mass is 32.1. The molecule has 1 aliphatic carbocycles. The molecule has 2 aromatic heterocycles. The van der Waals surface area contributed by atoms with Gasteiger partial charge in [0, 0.05) is 11.6 Å². The molecule has 3 N–H and O–H groups in total. The van der Waals surface area contributed by atoms with E-state index in [1.54, 1.807) is 11.6 Å². The molecule has 1 unspecified atom stereocenters. The first kappa shape index (κ1) is 15.5. The quantitative estimate of drug-likeness (QED) is 0.667. The van der Waals surface area contributed by atoms with Crippen molar-refractivity contribution >= 4 is 17.2 Å². The standard InChI is InChI=1S/C17H14N4O3S/c22-13-12(20-14(21-16(13)24)17-18-7-8-25-17)15(23)19-11-6-5-9-3-1-2-4-10(9)11/h1-4,7-8,11,22H,5-6H2,(H,19,23)(H,20,21,24). The van der Waals surface area contributed by atoms with E-state index in [2.05, 4.69) is 20.3 Å². The average Bonchev–Trinajstić information content (AvgIpc) is 3.28. The van der Waals surface area contributed by atoms with Crippen LogP contribution in [0.4, 0.5) is 0 Å². The number of benzene rings is 1. The van der Waals surface area contributed by atoms with E-state index in [0.717, 1.165) is 18.4 Å². The number of carbonyl (C=O) groups is 1. The molecule has 0 aliphatic heterocycles. The molecule has 7 nitrogen and oxygen atoms in total. The van der Waals surface area contributed by atoms with E-state index in [1.807, 2.05) is 24.3 Å². The highest BCUT2D eigenvalue weighted by molar-refractivity contribution is 7.13. The third-order valence-electron chi connectivity index (χ3n) is 4.18. The van der Waals surface area contributed by atoms with Gasteiger partial charge in [0.2, 0.25) is 5.75 Å². The minimum atomic E-state index is -0.767. The van der Waals surface area contributed by atoms with Gasteiger partial charge in [-0.3, -0.25) is 9.59 Å². The van der Waals surface area contributed by atoms with Crippen LogP contribution in [-0.2, 0) is 6.42 Å². The minimum absolute atomic E-state index is 0.160. The molecule has 0 fully saturated rings. The summed E-state index contributed by atoms with van der Waals surface area (Å²) in [5.41, 5.74) is 1.19. The summed E-state index contributed by atoms with van der Waals surface area (Å²) in [6.45, 7) is 0. The van der Waals surface area contributed by atoms with Crippen LogP contribution in [0.15, 0.2) is 40.6 Å².